The maximum atomic E-state index is 12.4. The van der Waals surface area contributed by atoms with E-state index in [-0.39, 0.29) is 5.92 Å². The Morgan fingerprint density at radius 2 is 1.92 bits per heavy atom. The average molecular weight is 352 g/mol. The summed E-state index contributed by atoms with van der Waals surface area (Å²) >= 11 is 0. The number of hydrogen-bond acceptors (Lipinski definition) is 5. The Morgan fingerprint density at radius 3 is 2.54 bits per heavy atom. The highest BCUT2D eigenvalue weighted by Crippen LogP contribution is 2.39. The number of hydrogen-bond donors (Lipinski definition) is 1. The summed E-state index contributed by atoms with van der Waals surface area (Å²) in [4.78, 5) is 24.5. The van der Waals surface area contributed by atoms with E-state index in [1.807, 2.05) is 18.2 Å². The van der Waals surface area contributed by atoms with Gasteiger partial charge in [0.05, 0.1) is 18.7 Å². The molecule has 0 radical (unpaired) electrons. The number of methoxy groups -OCH3 is 1. The first-order valence-electron chi connectivity index (χ1n) is 8.43. The van der Waals surface area contributed by atoms with E-state index in [9.17, 15) is 14.9 Å². The van der Waals surface area contributed by atoms with Crippen LogP contribution in [0.25, 0.3) is 10.8 Å². The molecular weight excluding hydrogens is 332 g/mol. The molecule has 1 fully saturated rings. The molecule has 0 saturated heterocycles. The molecule has 2 aromatic rings. The maximum absolute atomic E-state index is 12.4. The smallest absolute Gasteiger partial charge is 0.339 e. The fourth-order valence-corrected chi connectivity index (χ4v) is 3.04. The van der Waals surface area contributed by atoms with Crippen molar-refractivity contribution >= 4 is 22.6 Å². The quantitative estimate of drug-likeness (QED) is 0.808. The van der Waals surface area contributed by atoms with Gasteiger partial charge < -0.3 is 14.8 Å². The Bertz CT molecular complexity index is 898. The molecule has 0 aromatic heterocycles. The zero-order valence-electron chi connectivity index (χ0n) is 14.7. The summed E-state index contributed by atoms with van der Waals surface area (Å²) in [6.45, 7) is 1.27. The highest BCUT2D eigenvalue weighted by atomic mass is 16.5. The lowest BCUT2D eigenvalue weighted by atomic mass is 9.98. The molecule has 3 rings (SSSR count). The van der Waals surface area contributed by atoms with Crippen molar-refractivity contribution in [1.29, 1.82) is 5.26 Å². The first kappa shape index (κ1) is 17.7. The fraction of sp³-hybridized carbons (Fsp3) is 0.350. The van der Waals surface area contributed by atoms with Gasteiger partial charge in [-0.3, -0.25) is 4.79 Å². The molecular formula is C20H20N2O4. The minimum Gasteiger partial charge on any atom is -0.496 e. The van der Waals surface area contributed by atoms with Crippen LogP contribution in [-0.4, -0.2) is 31.1 Å². The molecule has 6 heteroatoms. The van der Waals surface area contributed by atoms with Crippen LogP contribution in [0.1, 0.15) is 30.1 Å². The van der Waals surface area contributed by atoms with Crippen LogP contribution in [0.4, 0.5) is 0 Å². The Balaban J connectivity index is 1.70. The second-order valence-electron chi connectivity index (χ2n) is 6.57. The predicted molar refractivity (Wildman–Crippen MR) is 95.7 cm³/mol. The number of nitrogens with one attached hydrogen (secondary N) is 1. The van der Waals surface area contributed by atoms with Crippen LogP contribution in [0.3, 0.4) is 0 Å². The molecule has 1 aliphatic rings. The number of amides is 1. The normalized spacial score (nSPS) is 15.6. The molecule has 1 amide bonds. The fourth-order valence-electron chi connectivity index (χ4n) is 3.04. The van der Waals surface area contributed by atoms with E-state index in [1.165, 1.54) is 0 Å². The second kappa shape index (κ2) is 7.04. The molecule has 1 atom stereocenters. The van der Waals surface area contributed by atoms with Crippen molar-refractivity contribution in [2.75, 3.05) is 13.7 Å². The van der Waals surface area contributed by atoms with Gasteiger partial charge in [-0.05, 0) is 43.2 Å². The molecule has 1 aliphatic carbocycles. The summed E-state index contributed by atoms with van der Waals surface area (Å²) in [7, 11) is 1.57. The number of rotatable bonds is 6. The van der Waals surface area contributed by atoms with Crippen molar-refractivity contribution < 1.29 is 19.1 Å². The molecule has 134 valence electrons. The van der Waals surface area contributed by atoms with Crippen molar-refractivity contribution in [1.82, 2.24) is 5.32 Å². The van der Waals surface area contributed by atoms with Gasteiger partial charge in [0.15, 0.2) is 6.61 Å². The van der Waals surface area contributed by atoms with E-state index in [0.717, 1.165) is 18.2 Å². The van der Waals surface area contributed by atoms with Gasteiger partial charge in [-0.2, -0.15) is 5.26 Å². The minimum atomic E-state index is -0.906. The standard InChI is InChI=1S/C20H20N2O4/c1-20(12-21,13-7-8-13)22-18(23)11-26-19(24)16-9-10-17(25-2)15-6-4-3-5-14(15)16/h3-6,9-10,13H,7-8,11H2,1-2H3,(H,22,23)/t20-/m1/s1. The number of nitriles is 1. The zero-order valence-corrected chi connectivity index (χ0v) is 14.7. The topological polar surface area (TPSA) is 88.4 Å². The molecule has 26 heavy (non-hydrogen) atoms. The number of ether oxygens (including phenoxy) is 2. The molecule has 0 bridgehead atoms. The van der Waals surface area contributed by atoms with Gasteiger partial charge >= 0.3 is 5.97 Å². The first-order valence-corrected chi connectivity index (χ1v) is 8.43. The van der Waals surface area contributed by atoms with Crippen LogP contribution in [-0.2, 0) is 9.53 Å². The molecule has 1 saturated carbocycles. The molecule has 1 N–H and O–H groups in total. The molecule has 0 spiro atoms. The summed E-state index contributed by atoms with van der Waals surface area (Å²) < 4.78 is 10.5. The molecule has 2 aromatic carbocycles. The van der Waals surface area contributed by atoms with Gasteiger partial charge in [-0.15, -0.1) is 0 Å². The number of benzene rings is 2. The van der Waals surface area contributed by atoms with Gasteiger partial charge in [0.25, 0.3) is 5.91 Å². The Labute approximate surface area is 151 Å². The molecule has 0 heterocycles. The maximum Gasteiger partial charge on any atom is 0.339 e. The van der Waals surface area contributed by atoms with Crippen molar-refractivity contribution in [2.24, 2.45) is 5.92 Å². The second-order valence-corrected chi connectivity index (χ2v) is 6.57. The lowest BCUT2D eigenvalue weighted by Crippen LogP contribution is -2.48. The summed E-state index contributed by atoms with van der Waals surface area (Å²) in [5.41, 5.74) is -0.546. The van der Waals surface area contributed by atoms with Crippen LogP contribution < -0.4 is 10.1 Å². The number of carbonyl (C=O) groups is 2. The summed E-state index contributed by atoms with van der Waals surface area (Å²) in [6.07, 6.45) is 1.84. The monoisotopic (exact) mass is 352 g/mol. The van der Waals surface area contributed by atoms with E-state index in [1.54, 1.807) is 32.2 Å². The van der Waals surface area contributed by atoms with Gasteiger partial charge in [0, 0.05) is 5.39 Å². The number of nitrogens with zero attached hydrogens (tertiary/aromatic N) is 1. The Hall–Kier alpha value is -3.07. The highest BCUT2D eigenvalue weighted by Gasteiger charge is 2.43. The van der Waals surface area contributed by atoms with Crippen molar-refractivity contribution in [3.63, 3.8) is 0 Å². The summed E-state index contributed by atoms with van der Waals surface area (Å²) in [5, 5.41) is 13.4. The predicted octanol–water partition coefficient (Wildman–Crippen LogP) is 2.81. The van der Waals surface area contributed by atoms with E-state index in [2.05, 4.69) is 11.4 Å². The van der Waals surface area contributed by atoms with Crippen LogP contribution in [0, 0.1) is 17.2 Å². The summed E-state index contributed by atoms with van der Waals surface area (Å²) in [5.74, 6) is -0.252. The first-order chi connectivity index (χ1) is 12.5. The van der Waals surface area contributed by atoms with Crippen molar-refractivity contribution in [2.45, 2.75) is 25.3 Å². The third-order valence-corrected chi connectivity index (χ3v) is 4.68. The average Bonchev–Trinajstić information content (AvgIpc) is 3.51. The number of carbonyl (C=O) groups excluding carboxylic acids is 2. The third-order valence-electron chi connectivity index (χ3n) is 4.68. The molecule has 6 nitrogen and oxygen atoms in total. The van der Waals surface area contributed by atoms with Gasteiger partial charge in [-0.1, -0.05) is 24.3 Å². The number of fused-ring (bicyclic) bond motifs is 1. The molecule has 0 aliphatic heterocycles. The van der Waals surface area contributed by atoms with Crippen molar-refractivity contribution in [3.8, 4) is 11.8 Å². The van der Waals surface area contributed by atoms with Crippen LogP contribution >= 0.6 is 0 Å². The largest absolute Gasteiger partial charge is 0.496 e. The lowest BCUT2D eigenvalue weighted by Gasteiger charge is -2.22. The number of esters is 1. The van der Waals surface area contributed by atoms with E-state index < -0.39 is 24.0 Å². The molecule has 0 unspecified atom stereocenters. The highest BCUT2D eigenvalue weighted by molar-refractivity contribution is 6.06. The van der Waals surface area contributed by atoms with Crippen LogP contribution in [0.15, 0.2) is 36.4 Å². The van der Waals surface area contributed by atoms with Gasteiger partial charge in [-0.25, -0.2) is 4.79 Å². The lowest BCUT2D eigenvalue weighted by molar-refractivity contribution is -0.125. The Kier molecular flexibility index (Phi) is 4.81. The SMILES string of the molecule is COc1ccc(C(=O)OCC(=O)N[C@](C)(C#N)C2CC2)c2ccccc12. The third kappa shape index (κ3) is 3.47. The summed E-state index contributed by atoms with van der Waals surface area (Å²) in [6, 6.07) is 12.8. The zero-order chi connectivity index (χ0) is 18.7. The Morgan fingerprint density at radius 1 is 1.23 bits per heavy atom. The van der Waals surface area contributed by atoms with Crippen molar-refractivity contribution in [3.05, 3.63) is 42.0 Å². The van der Waals surface area contributed by atoms with E-state index >= 15 is 0 Å². The van der Waals surface area contributed by atoms with Crippen LogP contribution in [0.5, 0.6) is 5.75 Å². The van der Waals surface area contributed by atoms with Gasteiger partial charge in [0.1, 0.15) is 11.3 Å². The van der Waals surface area contributed by atoms with E-state index in [0.29, 0.717) is 16.7 Å². The van der Waals surface area contributed by atoms with E-state index in [4.69, 9.17) is 9.47 Å². The van der Waals surface area contributed by atoms with Gasteiger partial charge in [0.2, 0.25) is 0 Å². The van der Waals surface area contributed by atoms with Crippen LogP contribution in [0.2, 0.25) is 0 Å². The minimum absolute atomic E-state index is 0.165.